The summed E-state index contributed by atoms with van der Waals surface area (Å²) in [6.07, 6.45) is -2.34. The largest absolute Gasteiger partial charge is 0.458 e. The average Bonchev–Trinajstić information content (AvgIpc) is 3.10. The van der Waals surface area contributed by atoms with Crippen LogP contribution in [0, 0.1) is 0 Å². The fourth-order valence-corrected chi connectivity index (χ4v) is 1.88. The van der Waals surface area contributed by atoms with E-state index in [0.29, 0.717) is 6.92 Å². The highest BCUT2D eigenvalue weighted by Crippen LogP contribution is 2.49. The molecule has 0 aliphatic heterocycles. The molecular weight excluding hydrogens is 333 g/mol. The van der Waals surface area contributed by atoms with Crippen molar-refractivity contribution in [2.45, 2.75) is 24.9 Å². The molecule has 23 heavy (non-hydrogen) atoms. The van der Waals surface area contributed by atoms with Crippen molar-refractivity contribution in [1.82, 2.24) is 19.9 Å². The normalized spacial score (nSPS) is 14.8. The molecule has 2 aromatic heterocycles. The zero-order chi connectivity index (χ0) is 17.5. The number of nitrogens with zero attached hydrogens (tertiary/aromatic N) is 2. The first-order valence-corrected chi connectivity index (χ1v) is 6.03. The fourth-order valence-electron chi connectivity index (χ4n) is 1.88. The Bertz CT molecular complexity index is 684. The SMILES string of the molecule is CC(=C(c1ncc[nH]1)C(F)(F)C(F)(F)F)C(F)(F)c1ncc[nH]1. The van der Waals surface area contributed by atoms with E-state index < -0.39 is 40.8 Å². The summed E-state index contributed by atoms with van der Waals surface area (Å²) >= 11 is 0. The minimum atomic E-state index is -6.07. The smallest absolute Gasteiger partial charge is 0.345 e. The first-order chi connectivity index (χ1) is 10.5. The van der Waals surface area contributed by atoms with E-state index in [1.165, 1.54) is 0 Å². The lowest BCUT2D eigenvalue weighted by Gasteiger charge is -2.26. The lowest BCUT2D eigenvalue weighted by Crippen LogP contribution is -2.39. The molecule has 126 valence electrons. The van der Waals surface area contributed by atoms with Gasteiger partial charge in [-0.3, -0.25) is 0 Å². The van der Waals surface area contributed by atoms with Crippen LogP contribution in [0.2, 0.25) is 0 Å². The van der Waals surface area contributed by atoms with Gasteiger partial charge in [0.2, 0.25) is 0 Å². The van der Waals surface area contributed by atoms with Crippen molar-refractivity contribution in [3.8, 4) is 0 Å². The molecule has 0 atom stereocenters. The second kappa shape index (κ2) is 5.39. The predicted molar refractivity (Wildman–Crippen MR) is 64.7 cm³/mol. The van der Waals surface area contributed by atoms with E-state index in [2.05, 4.69) is 9.97 Å². The maximum Gasteiger partial charge on any atom is 0.458 e. The molecule has 2 heterocycles. The third kappa shape index (κ3) is 2.82. The van der Waals surface area contributed by atoms with E-state index in [1.807, 2.05) is 9.97 Å². The molecule has 0 aromatic carbocycles. The molecule has 0 saturated carbocycles. The summed E-state index contributed by atoms with van der Waals surface area (Å²) < 4.78 is 94.1. The number of nitrogens with one attached hydrogen (secondary N) is 2. The number of halogens is 7. The summed E-state index contributed by atoms with van der Waals surface area (Å²) in [4.78, 5) is 10.5. The molecule has 11 heteroatoms. The number of allylic oxidation sites excluding steroid dienone is 2. The molecule has 0 fully saturated rings. The van der Waals surface area contributed by atoms with Gasteiger partial charge in [-0.2, -0.15) is 30.7 Å². The lowest BCUT2D eigenvalue weighted by atomic mass is 9.96. The molecular formula is C12H9F7N4. The Kier molecular flexibility index (Phi) is 3.99. The standard InChI is InChI=1S/C12H9F7N4/c1-6(10(13,14)9-22-4-5-23-9)7(8-20-2-3-21-8)11(15,16)12(17,18)19/h2-5H,1H3,(H,20,21)(H,22,23). The van der Waals surface area contributed by atoms with Crippen LogP contribution in [0.3, 0.4) is 0 Å². The molecule has 2 aromatic rings. The topological polar surface area (TPSA) is 57.4 Å². The second-order valence-electron chi connectivity index (χ2n) is 4.52. The van der Waals surface area contributed by atoms with Crippen molar-refractivity contribution in [3.63, 3.8) is 0 Å². The van der Waals surface area contributed by atoms with E-state index in [9.17, 15) is 30.7 Å². The van der Waals surface area contributed by atoms with E-state index in [4.69, 9.17) is 0 Å². The van der Waals surface area contributed by atoms with Gasteiger partial charge >= 0.3 is 18.0 Å². The lowest BCUT2D eigenvalue weighted by molar-refractivity contribution is -0.254. The number of H-pyrrole nitrogens is 2. The number of aromatic nitrogens is 4. The Morgan fingerprint density at radius 1 is 0.913 bits per heavy atom. The summed E-state index contributed by atoms with van der Waals surface area (Å²) in [5.74, 6) is -11.8. The molecule has 4 nitrogen and oxygen atoms in total. The van der Waals surface area contributed by atoms with Crippen LogP contribution in [0.1, 0.15) is 18.6 Å². The summed E-state index contributed by atoms with van der Waals surface area (Å²) in [5, 5.41) is 0. The molecule has 2 N–H and O–H groups in total. The summed E-state index contributed by atoms with van der Waals surface area (Å²) in [6, 6.07) is 0. The number of hydrogen-bond acceptors (Lipinski definition) is 2. The van der Waals surface area contributed by atoms with Gasteiger partial charge < -0.3 is 9.97 Å². The van der Waals surface area contributed by atoms with Gasteiger partial charge in [0.15, 0.2) is 5.82 Å². The van der Waals surface area contributed by atoms with Crippen molar-refractivity contribution in [3.05, 3.63) is 42.0 Å². The molecule has 0 amide bonds. The zero-order valence-electron chi connectivity index (χ0n) is 11.3. The fraction of sp³-hybridized carbons (Fsp3) is 0.333. The van der Waals surface area contributed by atoms with Crippen LogP contribution in [0.5, 0.6) is 0 Å². The number of alkyl halides is 7. The monoisotopic (exact) mass is 342 g/mol. The van der Waals surface area contributed by atoms with Gasteiger partial charge in [-0.1, -0.05) is 0 Å². The highest BCUT2D eigenvalue weighted by Gasteiger charge is 2.63. The molecule has 0 saturated heterocycles. The number of imidazole rings is 2. The highest BCUT2D eigenvalue weighted by atomic mass is 19.4. The number of aromatic amines is 2. The minimum Gasteiger partial charge on any atom is -0.345 e. The average molecular weight is 342 g/mol. The van der Waals surface area contributed by atoms with E-state index >= 15 is 0 Å². The van der Waals surface area contributed by atoms with Gasteiger partial charge in [0, 0.05) is 30.4 Å². The van der Waals surface area contributed by atoms with Crippen LogP contribution in [-0.4, -0.2) is 32.0 Å². The molecule has 2 rings (SSSR count). The Balaban J connectivity index is 2.72. The van der Waals surface area contributed by atoms with Crippen LogP contribution in [-0.2, 0) is 5.92 Å². The van der Waals surface area contributed by atoms with Crippen molar-refractivity contribution >= 4 is 5.57 Å². The Morgan fingerprint density at radius 2 is 1.48 bits per heavy atom. The van der Waals surface area contributed by atoms with Gasteiger partial charge in [0.05, 0.1) is 5.57 Å². The summed E-state index contributed by atoms with van der Waals surface area (Å²) in [5.41, 5.74) is -3.47. The van der Waals surface area contributed by atoms with Crippen molar-refractivity contribution in [2.75, 3.05) is 0 Å². The minimum absolute atomic E-state index is 0.472. The third-order valence-electron chi connectivity index (χ3n) is 3.05. The Labute approximate surface area is 124 Å². The van der Waals surface area contributed by atoms with Gasteiger partial charge in [-0.05, 0) is 6.92 Å². The first kappa shape index (κ1) is 17.0. The molecule has 0 aliphatic carbocycles. The Hall–Kier alpha value is -2.33. The summed E-state index contributed by atoms with van der Waals surface area (Å²) in [7, 11) is 0. The van der Waals surface area contributed by atoms with Crippen molar-refractivity contribution in [1.29, 1.82) is 0 Å². The van der Waals surface area contributed by atoms with Gasteiger partial charge in [0.25, 0.3) is 0 Å². The van der Waals surface area contributed by atoms with Gasteiger partial charge in [-0.15, -0.1) is 0 Å². The molecule has 0 spiro atoms. The van der Waals surface area contributed by atoms with E-state index in [-0.39, 0.29) is 0 Å². The van der Waals surface area contributed by atoms with Crippen molar-refractivity contribution < 1.29 is 30.7 Å². The Morgan fingerprint density at radius 3 is 1.91 bits per heavy atom. The molecule has 0 radical (unpaired) electrons. The second-order valence-corrected chi connectivity index (χ2v) is 4.52. The molecule has 0 unspecified atom stereocenters. The highest BCUT2D eigenvalue weighted by molar-refractivity contribution is 5.71. The van der Waals surface area contributed by atoms with Crippen molar-refractivity contribution in [2.24, 2.45) is 0 Å². The maximum atomic E-state index is 14.2. The van der Waals surface area contributed by atoms with Gasteiger partial charge in [-0.25, -0.2) is 9.97 Å². The predicted octanol–water partition coefficient (Wildman–Crippen LogP) is 3.90. The third-order valence-corrected chi connectivity index (χ3v) is 3.05. The maximum absolute atomic E-state index is 14.2. The zero-order valence-corrected chi connectivity index (χ0v) is 11.3. The van der Waals surface area contributed by atoms with Crippen LogP contribution in [0.15, 0.2) is 30.4 Å². The van der Waals surface area contributed by atoms with Crippen LogP contribution >= 0.6 is 0 Å². The van der Waals surface area contributed by atoms with Crippen LogP contribution in [0.25, 0.3) is 5.57 Å². The quantitative estimate of drug-likeness (QED) is 0.828. The number of rotatable bonds is 4. The molecule has 0 aliphatic rings. The number of hydrogen-bond donors (Lipinski definition) is 2. The molecule has 0 bridgehead atoms. The summed E-state index contributed by atoms with van der Waals surface area (Å²) in [6.45, 7) is 0.472. The van der Waals surface area contributed by atoms with Crippen LogP contribution in [0.4, 0.5) is 30.7 Å². The van der Waals surface area contributed by atoms with E-state index in [0.717, 1.165) is 24.8 Å². The van der Waals surface area contributed by atoms with Crippen LogP contribution < -0.4 is 0 Å². The van der Waals surface area contributed by atoms with E-state index in [1.54, 1.807) is 0 Å². The van der Waals surface area contributed by atoms with Gasteiger partial charge in [0.1, 0.15) is 5.82 Å². The first-order valence-electron chi connectivity index (χ1n) is 6.03.